The summed E-state index contributed by atoms with van der Waals surface area (Å²) in [6.45, 7) is 0. The van der Waals surface area contributed by atoms with Gasteiger partial charge >= 0.3 is 0 Å². The molecule has 1 amide bonds. The number of amides is 1. The van der Waals surface area contributed by atoms with Crippen LogP contribution >= 0.6 is 34.8 Å². The zero-order valence-electron chi connectivity index (χ0n) is 14.3. The predicted octanol–water partition coefficient (Wildman–Crippen LogP) is 5.77. The van der Waals surface area contributed by atoms with Crippen molar-refractivity contribution < 1.29 is 4.79 Å². The van der Waals surface area contributed by atoms with E-state index < -0.39 is 0 Å². The molecule has 4 rings (SSSR count). The molecule has 0 fully saturated rings. The van der Waals surface area contributed by atoms with Gasteiger partial charge in [0.25, 0.3) is 5.91 Å². The Kier molecular flexibility index (Phi) is 5.13. The third-order valence-corrected chi connectivity index (χ3v) is 5.95. The first-order valence-corrected chi connectivity index (χ1v) is 9.78. The molecule has 2 aromatic carbocycles. The molecule has 0 bridgehead atoms. The number of aromatic nitrogens is 1. The second-order valence-electron chi connectivity index (χ2n) is 6.51. The first-order valence-electron chi connectivity index (χ1n) is 8.65. The Morgan fingerprint density at radius 1 is 1.07 bits per heavy atom. The third kappa shape index (κ3) is 3.57. The lowest BCUT2D eigenvalue weighted by atomic mass is 9.95. The minimum Gasteiger partial charge on any atom is -0.358 e. The number of rotatable bonds is 3. The number of aromatic amines is 1. The Hall–Kier alpha value is -2.01. The van der Waals surface area contributed by atoms with Crippen LogP contribution in [-0.2, 0) is 12.8 Å². The molecule has 27 heavy (non-hydrogen) atoms. The molecule has 0 unspecified atom stereocenters. The highest BCUT2D eigenvalue weighted by atomic mass is 35.5. The van der Waals surface area contributed by atoms with Crippen LogP contribution in [0.3, 0.4) is 0 Å². The summed E-state index contributed by atoms with van der Waals surface area (Å²) in [5, 5.41) is 6.16. The molecule has 1 heterocycles. The van der Waals surface area contributed by atoms with E-state index in [9.17, 15) is 4.79 Å². The molecule has 3 aromatic rings. The molecule has 7 heteroatoms. The van der Waals surface area contributed by atoms with E-state index in [1.807, 2.05) is 12.1 Å². The highest BCUT2D eigenvalue weighted by Gasteiger charge is 2.16. The topological polar surface area (TPSA) is 57.2 Å². The van der Waals surface area contributed by atoms with Crippen LogP contribution in [0.25, 0.3) is 10.9 Å². The average Bonchev–Trinajstić information content (AvgIpc) is 3.05. The number of hydrogen-bond acceptors (Lipinski definition) is 2. The fourth-order valence-corrected chi connectivity index (χ4v) is 4.06. The van der Waals surface area contributed by atoms with Gasteiger partial charge in [0.1, 0.15) is 0 Å². The first-order chi connectivity index (χ1) is 13.0. The number of halogens is 3. The number of nitrogens with one attached hydrogen (secondary N) is 2. The van der Waals surface area contributed by atoms with Crippen molar-refractivity contribution in [3.8, 4) is 0 Å². The van der Waals surface area contributed by atoms with E-state index in [0.717, 1.165) is 23.7 Å². The standard InChI is InChI=1S/C20H16Cl3N3O/c21-15-6-7-16(22)19(23)14(15)10-24-26-20(27)11-5-8-18-13(9-11)12-3-1-2-4-17(12)25-18/h5-10,25H,1-4H2,(H,26,27)/b24-10+. The lowest BCUT2D eigenvalue weighted by molar-refractivity contribution is 0.0955. The van der Waals surface area contributed by atoms with Crippen molar-refractivity contribution in [2.45, 2.75) is 25.7 Å². The lowest BCUT2D eigenvalue weighted by Crippen LogP contribution is -2.17. The summed E-state index contributed by atoms with van der Waals surface area (Å²) < 4.78 is 0. The van der Waals surface area contributed by atoms with Crippen LogP contribution in [0.15, 0.2) is 35.4 Å². The SMILES string of the molecule is O=C(N/N=C/c1c(Cl)ccc(Cl)c1Cl)c1ccc2[nH]c3c(c2c1)CCCC3. The summed E-state index contributed by atoms with van der Waals surface area (Å²) in [5.74, 6) is -0.298. The van der Waals surface area contributed by atoms with Crippen molar-refractivity contribution in [1.29, 1.82) is 0 Å². The number of H-pyrrole nitrogens is 1. The van der Waals surface area contributed by atoms with Crippen LogP contribution in [0, 0.1) is 0 Å². The van der Waals surface area contributed by atoms with Gasteiger partial charge in [0, 0.05) is 27.7 Å². The zero-order chi connectivity index (χ0) is 19.0. The highest BCUT2D eigenvalue weighted by Crippen LogP contribution is 2.31. The lowest BCUT2D eigenvalue weighted by Gasteiger charge is -2.10. The van der Waals surface area contributed by atoms with Crippen molar-refractivity contribution >= 4 is 57.8 Å². The summed E-state index contributed by atoms with van der Waals surface area (Å²) in [6.07, 6.45) is 5.89. The van der Waals surface area contributed by atoms with Crippen LogP contribution in [-0.4, -0.2) is 17.1 Å². The number of aryl methyl sites for hydroxylation is 2. The molecule has 0 radical (unpaired) electrons. The zero-order valence-corrected chi connectivity index (χ0v) is 16.5. The molecule has 0 saturated heterocycles. The summed E-state index contributed by atoms with van der Waals surface area (Å²) >= 11 is 18.2. The minimum absolute atomic E-state index is 0.294. The van der Waals surface area contributed by atoms with Gasteiger partial charge in [-0.2, -0.15) is 5.10 Å². The van der Waals surface area contributed by atoms with E-state index >= 15 is 0 Å². The fourth-order valence-electron chi connectivity index (χ4n) is 3.43. The maximum Gasteiger partial charge on any atom is 0.271 e. The molecule has 0 atom stereocenters. The Labute approximate surface area is 171 Å². The van der Waals surface area contributed by atoms with Crippen LogP contribution in [0.4, 0.5) is 0 Å². The van der Waals surface area contributed by atoms with E-state index in [4.69, 9.17) is 34.8 Å². The van der Waals surface area contributed by atoms with Crippen molar-refractivity contribution in [3.05, 3.63) is 67.8 Å². The number of carbonyl (C=O) groups excluding carboxylic acids is 1. The maximum atomic E-state index is 12.5. The van der Waals surface area contributed by atoms with E-state index in [1.165, 1.54) is 30.3 Å². The minimum atomic E-state index is -0.298. The van der Waals surface area contributed by atoms with Crippen LogP contribution < -0.4 is 5.43 Å². The summed E-state index contributed by atoms with van der Waals surface area (Å²) in [4.78, 5) is 15.9. The molecule has 1 aliphatic rings. The van der Waals surface area contributed by atoms with Gasteiger partial charge in [0.2, 0.25) is 0 Å². The first kappa shape index (κ1) is 18.4. The van der Waals surface area contributed by atoms with Gasteiger partial charge in [-0.05, 0) is 61.6 Å². The third-order valence-electron chi connectivity index (χ3n) is 4.80. The summed E-state index contributed by atoms with van der Waals surface area (Å²) in [6, 6.07) is 8.88. The molecular formula is C20H16Cl3N3O. The summed E-state index contributed by atoms with van der Waals surface area (Å²) in [7, 11) is 0. The van der Waals surface area contributed by atoms with Crippen molar-refractivity contribution in [2.24, 2.45) is 5.10 Å². The Balaban J connectivity index is 1.56. The smallest absolute Gasteiger partial charge is 0.271 e. The normalized spacial score (nSPS) is 13.9. The van der Waals surface area contributed by atoms with Gasteiger partial charge in [0.05, 0.1) is 21.3 Å². The van der Waals surface area contributed by atoms with Gasteiger partial charge in [-0.1, -0.05) is 34.8 Å². The molecule has 138 valence electrons. The number of hydrazone groups is 1. The second kappa shape index (κ2) is 7.55. The number of fused-ring (bicyclic) bond motifs is 3. The monoisotopic (exact) mass is 419 g/mol. The maximum absolute atomic E-state index is 12.5. The van der Waals surface area contributed by atoms with E-state index in [2.05, 4.69) is 15.5 Å². The van der Waals surface area contributed by atoms with E-state index in [0.29, 0.717) is 26.2 Å². The number of carbonyl (C=O) groups is 1. The predicted molar refractivity (Wildman–Crippen MR) is 111 cm³/mol. The van der Waals surface area contributed by atoms with Crippen LogP contribution in [0.1, 0.15) is 40.0 Å². The Morgan fingerprint density at radius 3 is 2.70 bits per heavy atom. The molecule has 0 saturated carbocycles. The largest absolute Gasteiger partial charge is 0.358 e. The number of hydrogen-bond donors (Lipinski definition) is 2. The van der Waals surface area contributed by atoms with Gasteiger partial charge < -0.3 is 4.98 Å². The number of nitrogens with zero attached hydrogens (tertiary/aromatic N) is 1. The second-order valence-corrected chi connectivity index (χ2v) is 7.70. The van der Waals surface area contributed by atoms with Gasteiger partial charge in [0.15, 0.2) is 0 Å². The quantitative estimate of drug-likeness (QED) is 0.315. The average molecular weight is 421 g/mol. The van der Waals surface area contributed by atoms with Crippen molar-refractivity contribution in [1.82, 2.24) is 10.4 Å². The van der Waals surface area contributed by atoms with E-state index in [-0.39, 0.29) is 5.91 Å². The van der Waals surface area contributed by atoms with Crippen LogP contribution in [0.2, 0.25) is 15.1 Å². The highest BCUT2D eigenvalue weighted by molar-refractivity contribution is 6.45. The fraction of sp³-hybridized carbons (Fsp3) is 0.200. The van der Waals surface area contributed by atoms with Crippen molar-refractivity contribution in [2.75, 3.05) is 0 Å². The number of benzene rings is 2. The Morgan fingerprint density at radius 2 is 1.85 bits per heavy atom. The van der Waals surface area contributed by atoms with Gasteiger partial charge in [-0.25, -0.2) is 5.43 Å². The van der Waals surface area contributed by atoms with Gasteiger partial charge in [-0.3, -0.25) is 4.79 Å². The Bertz CT molecular complexity index is 1070. The summed E-state index contributed by atoms with van der Waals surface area (Å²) in [5.41, 5.74) is 7.21. The molecule has 0 aliphatic heterocycles. The molecule has 1 aromatic heterocycles. The van der Waals surface area contributed by atoms with Crippen molar-refractivity contribution in [3.63, 3.8) is 0 Å². The molecule has 4 nitrogen and oxygen atoms in total. The van der Waals surface area contributed by atoms with E-state index in [1.54, 1.807) is 18.2 Å². The van der Waals surface area contributed by atoms with Gasteiger partial charge in [-0.15, -0.1) is 0 Å². The molecule has 1 aliphatic carbocycles. The molecule has 2 N–H and O–H groups in total. The van der Waals surface area contributed by atoms with Crippen LogP contribution in [0.5, 0.6) is 0 Å². The molecular weight excluding hydrogens is 405 g/mol. The molecule has 0 spiro atoms.